The molecule has 0 aliphatic heterocycles. The van der Waals surface area contributed by atoms with Crippen molar-refractivity contribution in [1.29, 1.82) is 0 Å². The molecule has 0 aromatic rings. The van der Waals surface area contributed by atoms with E-state index in [9.17, 15) is 5.11 Å². The van der Waals surface area contributed by atoms with Gasteiger partial charge in [-0.15, -0.1) is 0 Å². The van der Waals surface area contributed by atoms with Gasteiger partial charge < -0.3 is 10.4 Å². The van der Waals surface area contributed by atoms with E-state index in [1.54, 1.807) is 0 Å². The first-order chi connectivity index (χ1) is 7.58. The monoisotopic (exact) mass is 225 g/mol. The Morgan fingerprint density at radius 3 is 2.31 bits per heavy atom. The summed E-state index contributed by atoms with van der Waals surface area (Å²) in [5.41, 5.74) is 0.661. The molecule has 0 heterocycles. The molecule has 0 aromatic carbocycles. The number of hydrogen-bond acceptors (Lipinski definition) is 2. The van der Waals surface area contributed by atoms with E-state index in [1.807, 2.05) is 0 Å². The first-order valence-electron chi connectivity index (χ1n) is 6.92. The fourth-order valence-corrected chi connectivity index (χ4v) is 3.56. The van der Waals surface area contributed by atoms with Gasteiger partial charge in [-0.25, -0.2) is 0 Å². The van der Waals surface area contributed by atoms with E-state index in [1.165, 1.54) is 44.9 Å². The largest absolute Gasteiger partial charge is 0.396 e. The van der Waals surface area contributed by atoms with Gasteiger partial charge in [-0.05, 0) is 31.1 Å². The van der Waals surface area contributed by atoms with Crippen molar-refractivity contribution in [2.45, 2.75) is 64.8 Å². The number of aliphatic hydroxyl groups is 1. The van der Waals surface area contributed by atoms with E-state index in [0.717, 1.165) is 6.54 Å². The number of rotatable bonds is 4. The quantitative estimate of drug-likeness (QED) is 0.771. The van der Waals surface area contributed by atoms with Gasteiger partial charge in [-0.2, -0.15) is 0 Å². The Kier molecular flexibility index (Phi) is 3.60. The molecule has 2 heteroatoms. The molecule has 1 atom stereocenters. The van der Waals surface area contributed by atoms with Crippen LogP contribution >= 0.6 is 0 Å². The Balaban J connectivity index is 1.86. The fourth-order valence-electron chi connectivity index (χ4n) is 3.56. The summed E-state index contributed by atoms with van der Waals surface area (Å²) in [6.07, 6.45) is 9.04. The molecule has 2 fully saturated rings. The molecular formula is C14H27NO. The molecule has 2 N–H and O–H groups in total. The molecule has 0 spiro atoms. The van der Waals surface area contributed by atoms with Crippen molar-refractivity contribution in [2.75, 3.05) is 13.2 Å². The smallest absolute Gasteiger partial charge is 0.0499 e. The summed E-state index contributed by atoms with van der Waals surface area (Å²) in [6, 6.07) is 0.663. The summed E-state index contributed by atoms with van der Waals surface area (Å²) >= 11 is 0. The van der Waals surface area contributed by atoms with Crippen molar-refractivity contribution in [3.63, 3.8) is 0 Å². The van der Waals surface area contributed by atoms with Gasteiger partial charge in [0.25, 0.3) is 0 Å². The highest BCUT2D eigenvalue weighted by Crippen LogP contribution is 2.40. The van der Waals surface area contributed by atoms with Gasteiger partial charge in [0.2, 0.25) is 0 Å². The predicted octanol–water partition coefficient (Wildman–Crippen LogP) is 2.71. The highest BCUT2D eigenvalue weighted by atomic mass is 16.3. The van der Waals surface area contributed by atoms with Gasteiger partial charge in [0.05, 0.1) is 0 Å². The van der Waals surface area contributed by atoms with Gasteiger partial charge >= 0.3 is 0 Å². The molecule has 0 bridgehead atoms. The molecule has 2 aliphatic rings. The zero-order valence-electron chi connectivity index (χ0n) is 10.9. The average molecular weight is 225 g/mol. The lowest BCUT2D eigenvalue weighted by Gasteiger charge is -2.33. The summed E-state index contributed by atoms with van der Waals surface area (Å²) in [4.78, 5) is 0. The third kappa shape index (κ3) is 2.43. The Bertz CT molecular complexity index is 231. The second-order valence-corrected chi connectivity index (χ2v) is 6.68. The maximum absolute atomic E-state index is 9.58. The zero-order valence-corrected chi connectivity index (χ0v) is 10.9. The SMILES string of the molecule is CC1(C)CCCC1NCC1(CO)CCCC1. The number of nitrogens with one attached hydrogen (secondary N) is 1. The number of aliphatic hydroxyl groups excluding tert-OH is 1. The van der Waals surface area contributed by atoms with Crippen LogP contribution in [0.15, 0.2) is 0 Å². The molecule has 0 radical (unpaired) electrons. The third-order valence-corrected chi connectivity index (χ3v) is 4.98. The van der Waals surface area contributed by atoms with Gasteiger partial charge in [0, 0.05) is 24.6 Å². The minimum atomic E-state index is 0.207. The van der Waals surface area contributed by atoms with Crippen molar-refractivity contribution in [3.8, 4) is 0 Å². The van der Waals surface area contributed by atoms with Gasteiger partial charge in [0.15, 0.2) is 0 Å². The lowest BCUT2D eigenvalue weighted by molar-refractivity contribution is 0.117. The molecule has 0 aromatic heterocycles. The summed E-state index contributed by atoms with van der Waals surface area (Å²) < 4.78 is 0. The molecule has 94 valence electrons. The van der Waals surface area contributed by atoms with Gasteiger partial charge in [0.1, 0.15) is 0 Å². The topological polar surface area (TPSA) is 32.3 Å². The number of hydrogen-bond donors (Lipinski definition) is 2. The maximum Gasteiger partial charge on any atom is 0.0499 e. The molecule has 0 saturated heterocycles. The highest BCUT2D eigenvalue weighted by molar-refractivity contribution is 4.93. The molecule has 1 unspecified atom stereocenters. The van der Waals surface area contributed by atoms with Crippen LogP contribution in [0.5, 0.6) is 0 Å². The van der Waals surface area contributed by atoms with Crippen LogP contribution in [-0.2, 0) is 0 Å². The lowest BCUT2D eigenvalue weighted by atomic mass is 9.84. The highest BCUT2D eigenvalue weighted by Gasteiger charge is 2.38. The first kappa shape index (κ1) is 12.4. The third-order valence-electron chi connectivity index (χ3n) is 4.98. The van der Waals surface area contributed by atoms with Gasteiger partial charge in [-0.3, -0.25) is 0 Å². The Hall–Kier alpha value is -0.0800. The van der Waals surface area contributed by atoms with E-state index in [4.69, 9.17) is 0 Å². The van der Waals surface area contributed by atoms with Crippen LogP contribution in [0.1, 0.15) is 58.8 Å². The predicted molar refractivity (Wildman–Crippen MR) is 67.4 cm³/mol. The Morgan fingerprint density at radius 1 is 1.12 bits per heavy atom. The van der Waals surface area contributed by atoms with Crippen molar-refractivity contribution < 1.29 is 5.11 Å². The Morgan fingerprint density at radius 2 is 1.81 bits per heavy atom. The molecule has 2 nitrogen and oxygen atoms in total. The van der Waals surface area contributed by atoms with Crippen molar-refractivity contribution in [3.05, 3.63) is 0 Å². The van der Waals surface area contributed by atoms with Crippen molar-refractivity contribution >= 4 is 0 Å². The standard InChI is InChI=1S/C14H27NO/c1-13(2)7-5-6-12(13)15-10-14(11-16)8-3-4-9-14/h12,15-16H,3-11H2,1-2H3. The minimum absolute atomic E-state index is 0.207. The minimum Gasteiger partial charge on any atom is -0.396 e. The molecule has 2 rings (SSSR count). The molecule has 2 aliphatic carbocycles. The Labute approximate surface area is 99.8 Å². The normalized spacial score (nSPS) is 32.1. The van der Waals surface area contributed by atoms with E-state index < -0.39 is 0 Å². The zero-order chi connectivity index (χ0) is 11.6. The van der Waals surface area contributed by atoms with E-state index >= 15 is 0 Å². The maximum atomic E-state index is 9.58. The van der Waals surface area contributed by atoms with Crippen LogP contribution in [0.25, 0.3) is 0 Å². The van der Waals surface area contributed by atoms with E-state index in [2.05, 4.69) is 19.2 Å². The molecule has 0 amide bonds. The van der Waals surface area contributed by atoms with Crippen LogP contribution < -0.4 is 5.32 Å². The van der Waals surface area contributed by atoms with Gasteiger partial charge in [-0.1, -0.05) is 33.1 Å². The van der Waals surface area contributed by atoms with E-state index in [-0.39, 0.29) is 5.41 Å². The van der Waals surface area contributed by atoms with Crippen LogP contribution in [0, 0.1) is 10.8 Å². The van der Waals surface area contributed by atoms with Crippen LogP contribution in [0.3, 0.4) is 0 Å². The van der Waals surface area contributed by atoms with Crippen LogP contribution in [0.4, 0.5) is 0 Å². The van der Waals surface area contributed by atoms with E-state index in [0.29, 0.717) is 18.1 Å². The summed E-state index contributed by atoms with van der Waals surface area (Å²) in [6.45, 7) is 6.14. The fraction of sp³-hybridized carbons (Fsp3) is 1.00. The van der Waals surface area contributed by atoms with Crippen molar-refractivity contribution in [1.82, 2.24) is 5.32 Å². The second kappa shape index (κ2) is 4.66. The molecule has 2 saturated carbocycles. The van der Waals surface area contributed by atoms with Crippen LogP contribution in [0.2, 0.25) is 0 Å². The molecular weight excluding hydrogens is 198 g/mol. The van der Waals surface area contributed by atoms with Crippen molar-refractivity contribution in [2.24, 2.45) is 10.8 Å². The first-order valence-corrected chi connectivity index (χ1v) is 6.92. The second-order valence-electron chi connectivity index (χ2n) is 6.68. The summed E-state index contributed by atoms with van der Waals surface area (Å²) in [7, 11) is 0. The molecule has 16 heavy (non-hydrogen) atoms. The average Bonchev–Trinajstić information content (AvgIpc) is 2.83. The summed E-state index contributed by atoms with van der Waals surface area (Å²) in [5, 5.41) is 13.3. The lowest BCUT2D eigenvalue weighted by Crippen LogP contribution is -2.44. The van der Waals surface area contributed by atoms with Crippen LogP contribution in [-0.4, -0.2) is 24.3 Å². The summed E-state index contributed by atoms with van der Waals surface area (Å²) in [5.74, 6) is 0.